The summed E-state index contributed by atoms with van der Waals surface area (Å²) in [6.07, 6.45) is 4.57. The number of morpholine rings is 1. The Morgan fingerprint density at radius 2 is 1.93 bits per heavy atom. The Morgan fingerprint density at radius 3 is 2.67 bits per heavy atom. The minimum Gasteiger partial charge on any atom is -0.474 e. The van der Waals surface area contributed by atoms with Gasteiger partial charge in [-0.1, -0.05) is 11.6 Å². The number of rotatable bonds is 5. The maximum absolute atomic E-state index is 14.1. The van der Waals surface area contributed by atoms with E-state index >= 15 is 0 Å². The van der Waals surface area contributed by atoms with E-state index in [2.05, 4.69) is 15.2 Å². The standard InChI is InChI=1S/C22H25ClFN3O3/c23-16-5-6-25-21(11-16)30-20-3-1-15(2-4-20)22(28)26-18-12-17(24)13-19(14-18)27-7-9-29-10-8-27/h5-6,11-15,20H,1-4,7-10H2,(H,26,28)/t15-,20+. The van der Waals surface area contributed by atoms with E-state index in [1.54, 1.807) is 18.3 Å². The van der Waals surface area contributed by atoms with Crippen molar-refractivity contribution in [2.24, 2.45) is 5.92 Å². The van der Waals surface area contributed by atoms with Crippen molar-refractivity contribution in [3.8, 4) is 5.88 Å². The average Bonchev–Trinajstić information content (AvgIpc) is 2.74. The highest BCUT2D eigenvalue weighted by atomic mass is 35.5. The highest BCUT2D eigenvalue weighted by molar-refractivity contribution is 6.30. The molecule has 1 amide bonds. The molecule has 0 spiro atoms. The lowest BCUT2D eigenvalue weighted by Gasteiger charge is -2.30. The molecular formula is C22H25ClFN3O3. The monoisotopic (exact) mass is 433 g/mol. The first kappa shape index (κ1) is 20.9. The second-order valence-corrected chi connectivity index (χ2v) is 8.13. The maximum atomic E-state index is 14.1. The molecule has 0 bridgehead atoms. The van der Waals surface area contributed by atoms with Gasteiger partial charge in [-0.05, 0) is 49.9 Å². The third-order valence-corrected chi connectivity index (χ3v) is 5.79. The van der Waals surface area contributed by atoms with Crippen LogP contribution in [0.1, 0.15) is 25.7 Å². The molecule has 1 aromatic carbocycles. The van der Waals surface area contributed by atoms with E-state index in [1.165, 1.54) is 12.1 Å². The van der Waals surface area contributed by atoms with E-state index in [-0.39, 0.29) is 23.7 Å². The maximum Gasteiger partial charge on any atom is 0.227 e. The number of nitrogens with one attached hydrogen (secondary N) is 1. The summed E-state index contributed by atoms with van der Waals surface area (Å²) < 4.78 is 25.4. The van der Waals surface area contributed by atoms with Crippen LogP contribution in [0, 0.1) is 11.7 Å². The predicted octanol–water partition coefficient (Wildman–Crippen LogP) is 4.29. The number of pyridine rings is 1. The fraction of sp³-hybridized carbons (Fsp3) is 0.455. The van der Waals surface area contributed by atoms with Crippen LogP contribution in [0.4, 0.5) is 15.8 Å². The van der Waals surface area contributed by atoms with E-state index in [1.807, 2.05) is 6.07 Å². The van der Waals surface area contributed by atoms with Crippen LogP contribution in [-0.4, -0.2) is 43.3 Å². The lowest BCUT2D eigenvalue weighted by Crippen LogP contribution is -2.36. The molecule has 2 aliphatic rings. The summed E-state index contributed by atoms with van der Waals surface area (Å²) in [4.78, 5) is 19.0. The van der Waals surface area contributed by atoms with E-state index in [0.29, 0.717) is 55.7 Å². The Morgan fingerprint density at radius 1 is 1.17 bits per heavy atom. The minimum absolute atomic E-state index is 0.0158. The van der Waals surface area contributed by atoms with Gasteiger partial charge in [-0.2, -0.15) is 0 Å². The van der Waals surface area contributed by atoms with E-state index in [0.717, 1.165) is 18.5 Å². The van der Waals surface area contributed by atoms with E-state index in [4.69, 9.17) is 21.1 Å². The zero-order chi connectivity index (χ0) is 20.9. The van der Waals surface area contributed by atoms with Crippen LogP contribution in [-0.2, 0) is 9.53 Å². The van der Waals surface area contributed by atoms with Crippen molar-refractivity contribution in [2.75, 3.05) is 36.5 Å². The molecule has 1 saturated carbocycles. The highest BCUT2D eigenvalue weighted by Crippen LogP contribution is 2.30. The molecule has 2 fully saturated rings. The summed E-state index contributed by atoms with van der Waals surface area (Å²) in [5.74, 6) is -0.0497. The summed E-state index contributed by atoms with van der Waals surface area (Å²) in [6.45, 7) is 2.66. The first-order valence-electron chi connectivity index (χ1n) is 10.3. The Balaban J connectivity index is 1.32. The number of carbonyl (C=O) groups excluding carboxylic acids is 1. The number of ether oxygens (including phenoxy) is 2. The topological polar surface area (TPSA) is 63.7 Å². The van der Waals surface area contributed by atoms with Gasteiger partial charge in [0.2, 0.25) is 11.8 Å². The second-order valence-electron chi connectivity index (χ2n) is 7.69. The zero-order valence-corrected chi connectivity index (χ0v) is 17.4. The quantitative estimate of drug-likeness (QED) is 0.762. The number of aromatic nitrogens is 1. The van der Waals surface area contributed by atoms with Crippen molar-refractivity contribution >= 4 is 28.9 Å². The van der Waals surface area contributed by atoms with Crippen molar-refractivity contribution < 1.29 is 18.7 Å². The summed E-state index contributed by atoms with van der Waals surface area (Å²) in [5, 5.41) is 3.48. The smallest absolute Gasteiger partial charge is 0.227 e. The van der Waals surface area contributed by atoms with Gasteiger partial charge >= 0.3 is 0 Å². The number of carbonyl (C=O) groups is 1. The van der Waals surface area contributed by atoms with Crippen LogP contribution in [0.2, 0.25) is 5.02 Å². The molecule has 2 heterocycles. The average molecular weight is 434 g/mol. The van der Waals surface area contributed by atoms with Crippen LogP contribution < -0.4 is 15.0 Å². The minimum atomic E-state index is -0.361. The third kappa shape index (κ3) is 5.40. The SMILES string of the molecule is O=C(Nc1cc(F)cc(N2CCOCC2)c1)[C@H]1CC[C@@H](Oc2cc(Cl)ccn2)CC1. The Hall–Kier alpha value is -2.38. The van der Waals surface area contributed by atoms with Crippen molar-refractivity contribution in [2.45, 2.75) is 31.8 Å². The number of hydrogen-bond donors (Lipinski definition) is 1. The molecule has 0 radical (unpaired) electrons. The van der Waals surface area contributed by atoms with Crippen molar-refractivity contribution in [3.63, 3.8) is 0 Å². The van der Waals surface area contributed by atoms with E-state index in [9.17, 15) is 9.18 Å². The largest absolute Gasteiger partial charge is 0.474 e. The normalized spacial score (nSPS) is 21.9. The fourth-order valence-corrected chi connectivity index (χ4v) is 4.11. The van der Waals surface area contributed by atoms with Gasteiger partial charge in [0.05, 0.1) is 13.2 Å². The predicted molar refractivity (Wildman–Crippen MR) is 114 cm³/mol. The van der Waals surface area contributed by atoms with Gasteiger partial charge in [-0.15, -0.1) is 0 Å². The van der Waals surface area contributed by atoms with Gasteiger partial charge in [0.1, 0.15) is 11.9 Å². The molecular weight excluding hydrogens is 409 g/mol. The highest BCUT2D eigenvalue weighted by Gasteiger charge is 2.28. The van der Waals surface area contributed by atoms with Gasteiger partial charge in [-0.3, -0.25) is 4.79 Å². The second kappa shape index (κ2) is 9.62. The molecule has 1 aliphatic heterocycles. The molecule has 4 rings (SSSR count). The van der Waals surface area contributed by atoms with Crippen LogP contribution in [0.5, 0.6) is 5.88 Å². The van der Waals surface area contributed by atoms with Crippen LogP contribution in [0.15, 0.2) is 36.5 Å². The lowest BCUT2D eigenvalue weighted by molar-refractivity contribution is -0.121. The summed E-state index contributed by atoms with van der Waals surface area (Å²) in [6, 6.07) is 8.07. The number of nitrogens with zero attached hydrogens (tertiary/aromatic N) is 2. The van der Waals surface area contributed by atoms with E-state index < -0.39 is 0 Å². The van der Waals surface area contributed by atoms with Gasteiger partial charge in [0.15, 0.2) is 0 Å². The number of benzene rings is 1. The fourth-order valence-electron chi connectivity index (χ4n) is 3.96. The first-order valence-corrected chi connectivity index (χ1v) is 10.7. The van der Waals surface area contributed by atoms with Crippen molar-refractivity contribution in [3.05, 3.63) is 47.4 Å². The van der Waals surface area contributed by atoms with Gasteiger partial charge in [-0.25, -0.2) is 9.37 Å². The summed E-state index contributed by atoms with van der Waals surface area (Å²) >= 11 is 5.97. The van der Waals surface area contributed by atoms with Crippen molar-refractivity contribution in [1.29, 1.82) is 0 Å². The molecule has 8 heteroatoms. The molecule has 1 aromatic heterocycles. The molecule has 160 valence electrons. The molecule has 1 N–H and O–H groups in total. The van der Waals surface area contributed by atoms with Crippen LogP contribution in [0.25, 0.3) is 0 Å². The Labute approximate surface area is 180 Å². The number of anilines is 2. The zero-order valence-electron chi connectivity index (χ0n) is 16.7. The molecule has 6 nitrogen and oxygen atoms in total. The summed E-state index contributed by atoms with van der Waals surface area (Å²) in [7, 11) is 0. The Kier molecular flexibility index (Phi) is 6.69. The third-order valence-electron chi connectivity index (χ3n) is 5.56. The Bertz CT molecular complexity index is 884. The molecule has 30 heavy (non-hydrogen) atoms. The first-order chi connectivity index (χ1) is 14.6. The van der Waals surface area contributed by atoms with Gasteiger partial charge < -0.3 is 19.7 Å². The molecule has 0 unspecified atom stereocenters. The number of amides is 1. The molecule has 0 atom stereocenters. The molecule has 2 aromatic rings. The number of halogens is 2. The van der Waals surface area contributed by atoms with Gasteiger partial charge in [0.25, 0.3) is 0 Å². The summed E-state index contributed by atoms with van der Waals surface area (Å²) in [5.41, 5.74) is 1.25. The van der Waals surface area contributed by atoms with Gasteiger partial charge in [0, 0.05) is 47.7 Å². The lowest BCUT2D eigenvalue weighted by atomic mass is 9.86. The number of hydrogen-bond acceptors (Lipinski definition) is 5. The van der Waals surface area contributed by atoms with Crippen LogP contribution >= 0.6 is 11.6 Å². The van der Waals surface area contributed by atoms with Crippen LogP contribution in [0.3, 0.4) is 0 Å². The molecule has 1 aliphatic carbocycles. The molecule has 1 saturated heterocycles. The van der Waals surface area contributed by atoms with Crippen molar-refractivity contribution in [1.82, 2.24) is 4.98 Å².